The van der Waals surface area contributed by atoms with E-state index in [9.17, 15) is 24.0 Å². The van der Waals surface area contributed by atoms with Crippen molar-refractivity contribution < 1.29 is 47.7 Å². The molecule has 0 radical (unpaired) electrons. The van der Waals surface area contributed by atoms with Crippen LogP contribution >= 0.6 is 0 Å². The van der Waals surface area contributed by atoms with E-state index in [-0.39, 0.29) is 18.9 Å². The molecular weight excluding hydrogens is 522 g/mol. The molecular formula is C29H49NO10. The quantitative estimate of drug-likeness (QED) is 0.136. The molecule has 5 unspecified atom stereocenters. The number of carbonyl (C=O) groups excluding carboxylic acids is 5. The summed E-state index contributed by atoms with van der Waals surface area (Å²) in [6, 6.07) is -1.16. The second kappa shape index (κ2) is 20.2. The van der Waals surface area contributed by atoms with E-state index in [1.807, 2.05) is 0 Å². The number of hydrogen-bond acceptors (Lipinski definition) is 10. The van der Waals surface area contributed by atoms with Crippen molar-refractivity contribution >= 4 is 29.8 Å². The highest BCUT2D eigenvalue weighted by atomic mass is 16.7. The van der Waals surface area contributed by atoms with Gasteiger partial charge in [-0.2, -0.15) is 0 Å². The molecule has 0 bridgehead atoms. The molecule has 0 aromatic heterocycles. The first kappa shape index (κ1) is 35.3. The summed E-state index contributed by atoms with van der Waals surface area (Å²) < 4.78 is 26.9. The molecule has 1 fully saturated rings. The van der Waals surface area contributed by atoms with Gasteiger partial charge in [0.25, 0.3) is 0 Å². The molecule has 5 atom stereocenters. The lowest BCUT2D eigenvalue weighted by Gasteiger charge is -2.44. The van der Waals surface area contributed by atoms with Crippen LogP contribution in [-0.4, -0.2) is 67.0 Å². The fourth-order valence-electron chi connectivity index (χ4n) is 4.70. The monoisotopic (exact) mass is 571 g/mol. The average Bonchev–Trinajstić information content (AvgIpc) is 2.86. The van der Waals surface area contributed by atoms with Crippen LogP contribution in [0.5, 0.6) is 0 Å². The molecule has 40 heavy (non-hydrogen) atoms. The van der Waals surface area contributed by atoms with Crippen LogP contribution in [0.15, 0.2) is 0 Å². The number of esters is 4. The van der Waals surface area contributed by atoms with Crippen LogP contribution in [0, 0.1) is 0 Å². The fraction of sp³-hybridized carbons (Fsp3) is 0.828. The van der Waals surface area contributed by atoms with Crippen molar-refractivity contribution in [2.75, 3.05) is 6.61 Å². The summed E-state index contributed by atoms with van der Waals surface area (Å²) in [5, 5.41) is 2.74. The Morgan fingerprint density at radius 2 is 1.10 bits per heavy atom. The van der Waals surface area contributed by atoms with Crippen LogP contribution in [0.3, 0.4) is 0 Å². The van der Waals surface area contributed by atoms with E-state index >= 15 is 0 Å². The summed E-state index contributed by atoms with van der Waals surface area (Å²) in [7, 11) is 0. The maximum Gasteiger partial charge on any atom is 0.305 e. The predicted molar refractivity (Wildman–Crippen MR) is 146 cm³/mol. The van der Waals surface area contributed by atoms with Crippen molar-refractivity contribution in [2.24, 2.45) is 0 Å². The van der Waals surface area contributed by atoms with Gasteiger partial charge in [-0.25, -0.2) is 0 Å². The minimum atomic E-state index is -1.37. The third-order valence-electron chi connectivity index (χ3n) is 6.57. The summed E-state index contributed by atoms with van der Waals surface area (Å²) in [6.07, 6.45) is 9.19. The van der Waals surface area contributed by atoms with Crippen molar-refractivity contribution in [2.45, 2.75) is 149 Å². The highest BCUT2D eigenvalue weighted by Crippen LogP contribution is 2.28. The molecule has 1 heterocycles. The van der Waals surface area contributed by atoms with Gasteiger partial charge in [-0.05, 0) is 6.42 Å². The van der Waals surface area contributed by atoms with E-state index in [1.165, 1.54) is 58.3 Å². The van der Waals surface area contributed by atoms with Gasteiger partial charge in [0.2, 0.25) is 12.2 Å². The maximum absolute atomic E-state index is 12.9. The molecule has 0 aliphatic carbocycles. The van der Waals surface area contributed by atoms with Crippen molar-refractivity contribution in [1.82, 2.24) is 5.32 Å². The zero-order valence-electron chi connectivity index (χ0n) is 24.9. The summed E-state index contributed by atoms with van der Waals surface area (Å²) in [4.78, 5) is 59.9. The third kappa shape index (κ3) is 15.2. The first-order valence-corrected chi connectivity index (χ1v) is 14.6. The Balaban J connectivity index is 2.72. The number of unbranched alkanes of at least 4 members (excludes halogenated alkanes) is 11. The van der Waals surface area contributed by atoms with Crippen molar-refractivity contribution in [3.63, 3.8) is 0 Å². The standard InChI is InChI=1S/C29H49NO10/c1-6-7-8-9-10-11-12-13-14-15-16-17-18-25(35)30-26-28(38-22(4)33)27(37-21(3)32)24(19-36-20(2)31)40-29(26)39-23(5)34/h24,26-29H,6-19H2,1-5H3,(H,30,35). The molecule has 11 nitrogen and oxygen atoms in total. The number of ether oxygens (including phenoxy) is 5. The predicted octanol–water partition coefficient (Wildman–Crippen LogP) is 4.28. The molecule has 0 spiro atoms. The molecule has 1 amide bonds. The van der Waals surface area contributed by atoms with E-state index in [1.54, 1.807) is 0 Å². The lowest BCUT2D eigenvalue weighted by Crippen LogP contribution is -2.67. The summed E-state index contributed by atoms with van der Waals surface area (Å²) >= 11 is 0. The second-order valence-electron chi connectivity index (χ2n) is 10.3. The van der Waals surface area contributed by atoms with Gasteiger partial charge in [-0.3, -0.25) is 24.0 Å². The first-order valence-electron chi connectivity index (χ1n) is 14.6. The van der Waals surface area contributed by atoms with Crippen LogP contribution in [-0.2, 0) is 47.7 Å². The van der Waals surface area contributed by atoms with Gasteiger partial charge < -0.3 is 29.0 Å². The molecule has 1 aliphatic rings. The number of amides is 1. The normalized spacial score (nSPS) is 22.2. The van der Waals surface area contributed by atoms with Crippen LogP contribution in [0.4, 0.5) is 0 Å². The Morgan fingerprint density at radius 3 is 1.57 bits per heavy atom. The van der Waals surface area contributed by atoms with E-state index in [0.717, 1.165) is 40.0 Å². The number of rotatable bonds is 19. The average molecular weight is 572 g/mol. The van der Waals surface area contributed by atoms with E-state index in [0.29, 0.717) is 6.42 Å². The van der Waals surface area contributed by atoms with Gasteiger partial charge in [-0.15, -0.1) is 0 Å². The van der Waals surface area contributed by atoms with Gasteiger partial charge in [0.15, 0.2) is 12.2 Å². The van der Waals surface area contributed by atoms with Gasteiger partial charge in [-0.1, -0.05) is 77.6 Å². The highest BCUT2D eigenvalue weighted by Gasteiger charge is 2.52. The summed E-state index contributed by atoms with van der Waals surface area (Å²) in [5.74, 6) is -3.09. The SMILES string of the molecule is CCCCCCCCCCCCCCC(=O)NC1C(OC(C)=O)OC(COC(C)=O)C(OC(C)=O)C1OC(C)=O. The molecule has 1 saturated heterocycles. The molecule has 1 aliphatic heterocycles. The zero-order chi connectivity index (χ0) is 29.9. The van der Waals surface area contributed by atoms with Gasteiger partial charge in [0.1, 0.15) is 18.8 Å². The molecule has 11 heteroatoms. The number of carbonyl (C=O) groups is 5. The maximum atomic E-state index is 12.9. The second-order valence-corrected chi connectivity index (χ2v) is 10.3. The summed E-state index contributed by atoms with van der Waals surface area (Å²) in [6.45, 7) is 6.53. The molecule has 0 saturated carbocycles. The largest absolute Gasteiger partial charge is 0.463 e. The fourth-order valence-corrected chi connectivity index (χ4v) is 4.70. The van der Waals surface area contributed by atoms with Crippen LogP contribution in [0.25, 0.3) is 0 Å². The summed E-state index contributed by atoms with van der Waals surface area (Å²) in [5.41, 5.74) is 0. The van der Waals surface area contributed by atoms with Crippen molar-refractivity contribution in [3.8, 4) is 0 Å². The number of hydrogen-bond donors (Lipinski definition) is 1. The smallest absolute Gasteiger partial charge is 0.305 e. The minimum absolute atomic E-state index is 0.211. The van der Waals surface area contributed by atoms with Crippen LogP contribution in [0.1, 0.15) is 118 Å². The van der Waals surface area contributed by atoms with Crippen molar-refractivity contribution in [3.05, 3.63) is 0 Å². The van der Waals surface area contributed by atoms with E-state index < -0.39 is 54.5 Å². The zero-order valence-corrected chi connectivity index (χ0v) is 24.9. The Labute approximate surface area is 238 Å². The van der Waals surface area contributed by atoms with Gasteiger partial charge in [0, 0.05) is 34.1 Å². The van der Waals surface area contributed by atoms with E-state index in [2.05, 4.69) is 12.2 Å². The Hall–Kier alpha value is -2.69. The molecule has 0 aromatic carbocycles. The Bertz CT molecular complexity index is 802. The van der Waals surface area contributed by atoms with Crippen LogP contribution < -0.4 is 5.32 Å². The molecule has 0 aromatic rings. The lowest BCUT2D eigenvalue weighted by molar-refractivity contribution is -0.271. The minimum Gasteiger partial charge on any atom is -0.463 e. The Kier molecular flexibility index (Phi) is 17.9. The third-order valence-corrected chi connectivity index (χ3v) is 6.57. The van der Waals surface area contributed by atoms with Crippen molar-refractivity contribution in [1.29, 1.82) is 0 Å². The lowest BCUT2D eigenvalue weighted by atomic mass is 9.95. The topological polar surface area (TPSA) is 144 Å². The number of nitrogens with one attached hydrogen (secondary N) is 1. The van der Waals surface area contributed by atoms with Crippen LogP contribution in [0.2, 0.25) is 0 Å². The first-order chi connectivity index (χ1) is 19.0. The van der Waals surface area contributed by atoms with E-state index in [4.69, 9.17) is 23.7 Å². The Morgan fingerprint density at radius 1 is 0.625 bits per heavy atom. The highest BCUT2D eigenvalue weighted by molar-refractivity contribution is 5.76. The molecule has 1 N–H and O–H groups in total. The van der Waals surface area contributed by atoms with Gasteiger partial charge in [0.05, 0.1) is 0 Å². The molecule has 1 rings (SSSR count). The van der Waals surface area contributed by atoms with Gasteiger partial charge >= 0.3 is 23.9 Å². The molecule has 230 valence electrons.